The Kier molecular flexibility index (Phi) is 3.54. The van der Waals surface area contributed by atoms with Crippen molar-refractivity contribution in [3.05, 3.63) is 35.8 Å². The molecule has 1 fully saturated rings. The van der Waals surface area contributed by atoms with E-state index in [9.17, 15) is 0 Å². The molecule has 6 heteroatoms. The van der Waals surface area contributed by atoms with Crippen molar-refractivity contribution in [3.63, 3.8) is 0 Å². The Morgan fingerprint density at radius 2 is 2.18 bits per heavy atom. The van der Waals surface area contributed by atoms with E-state index in [-0.39, 0.29) is 0 Å². The van der Waals surface area contributed by atoms with Gasteiger partial charge in [0.1, 0.15) is 0 Å². The van der Waals surface area contributed by atoms with Crippen molar-refractivity contribution in [2.45, 2.75) is 31.8 Å². The van der Waals surface area contributed by atoms with Crippen molar-refractivity contribution in [2.24, 2.45) is 0 Å². The maximum Gasteiger partial charge on any atom is 0.151 e. The molecular formula is C16H22N6. The van der Waals surface area contributed by atoms with Gasteiger partial charge in [-0.2, -0.15) is 10.2 Å². The van der Waals surface area contributed by atoms with Gasteiger partial charge >= 0.3 is 0 Å². The van der Waals surface area contributed by atoms with Crippen molar-refractivity contribution in [1.29, 1.82) is 0 Å². The molecule has 0 unspecified atom stereocenters. The van der Waals surface area contributed by atoms with Crippen LogP contribution in [0.3, 0.4) is 0 Å². The van der Waals surface area contributed by atoms with Crippen molar-refractivity contribution < 1.29 is 0 Å². The van der Waals surface area contributed by atoms with E-state index < -0.39 is 0 Å². The van der Waals surface area contributed by atoms with Crippen LogP contribution in [0.15, 0.2) is 24.5 Å². The van der Waals surface area contributed by atoms with E-state index in [1.807, 2.05) is 23.1 Å². The number of aromatic nitrogens is 4. The monoisotopic (exact) mass is 298 g/mol. The van der Waals surface area contributed by atoms with Crippen LogP contribution in [0, 0.1) is 0 Å². The molecule has 0 N–H and O–H groups in total. The van der Waals surface area contributed by atoms with E-state index >= 15 is 0 Å². The van der Waals surface area contributed by atoms with Gasteiger partial charge in [0.15, 0.2) is 5.82 Å². The van der Waals surface area contributed by atoms with Gasteiger partial charge in [0.25, 0.3) is 0 Å². The molecule has 0 atom stereocenters. The molecule has 116 valence electrons. The molecule has 22 heavy (non-hydrogen) atoms. The third-order valence-corrected chi connectivity index (χ3v) is 4.86. The summed E-state index contributed by atoms with van der Waals surface area (Å²) in [5, 5.41) is 13.0. The predicted molar refractivity (Wildman–Crippen MR) is 84.9 cm³/mol. The maximum absolute atomic E-state index is 4.40. The molecule has 1 aliphatic heterocycles. The number of hydrogen-bond donors (Lipinski definition) is 0. The van der Waals surface area contributed by atoms with Crippen LogP contribution in [0.1, 0.15) is 17.7 Å². The zero-order valence-electron chi connectivity index (χ0n) is 13.0. The third kappa shape index (κ3) is 2.59. The van der Waals surface area contributed by atoms with Crippen LogP contribution in [0.5, 0.6) is 0 Å². The minimum Gasteiger partial charge on any atom is -0.352 e. The van der Waals surface area contributed by atoms with Crippen LogP contribution < -0.4 is 4.90 Å². The highest BCUT2D eigenvalue weighted by Gasteiger charge is 2.31. The average molecular weight is 298 g/mol. The largest absolute Gasteiger partial charge is 0.352 e. The first kappa shape index (κ1) is 13.7. The van der Waals surface area contributed by atoms with E-state index in [1.54, 1.807) is 0 Å². The van der Waals surface area contributed by atoms with Crippen LogP contribution >= 0.6 is 0 Å². The fourth-order valence-corrected chi connectivity index (χ4v) is 3.27. The Morgan fingerprint density at radius 3 is 3.00 bits per heavy atom. The first-order chi connectivity index (χ1) is 10.8. The first-order valence-corrected chi connectivity index (χ1v) is 8.08. The zero-order chi connectivity index (χ0) is 14.9. The normalized spacial score (nSPS) is 17.8. The van der Waals surface area contributed by atoms with Gasteiger partial charge in [0.2, 0.25) is 0 Å². The topological polar surface area (TPSA) is 50.1 Å². The van der Waals surface area contributed by atoms with Gasteiger partial charge < -0.3 is 4.90 Å². The van der Waals surface area contributed by atoms with Gasteiger partial charge in [-0.25, -0.2) is 0 Å². The highest BCUT2D eigenvalue weighted by molar-refractivity contribution is 5.45. The van der Waals surface area contributed by atoms with Gasteiger partial charge in [-0.15, -0.1) is 5.10 Å². The average Bonchev–Trinajstić information content (AvgIpc) is 3.14. The minimum atomic E-state index is 0.602. The summed E-state index contributed by atoms with van der Waals surface area (Å²) < 4.78 is 1.99. The van der Waals surface area contributed by atoms with Crippen molar-refractivity contribution in [2.75, 3.05) is 31.6 Å². The van der Waals surface area contributed by atoms with Gasteiger partial charge in [-0.05, 0) is 44.0 Å². The summed E-state index contributed by atoms with van der Waals surface area (Å²) in [6.45, 7) is 4.06. The number of likely N-dealkylation sites (N-methyl/N-ethyl adjacent to an activating group) is 1. The molecule has 1 aliphatic carbocycles. The molecule has 1 saturated heterocycles. The highest BCUT2D eigenvalue weighted by atomic mass is 15.4. The lowest BCUT2D eigenvalue weighted by molar-refractivity contribution is 0.195. The molecule has 0 amide bonds. The van der Waals surface area contributed by atoms with Crippen LogP contribution in [-0.2, 0) is 19.4 Å². The van der Waals surface area contributed by atoms with E-state index in [2.05, 4.69) is 38.2 Å². The maximum atomic E-state index is 4.40. The van der Waals surface area contributed by atoms with Gasteiger partial charge in [-0.1, -0.05) is 0 Å². The first-order valence-electron chi connectivity index (χ1n) is 8.08. The van der Waals surface area contributed by atoms with E-state index in [0.717, 1.165) is 38.4 Å². The molecule has 4 rings (SSSR count). The second-order valence-electron chi connectivity index (χ2n) is 6.34. The van der Waals surface area contributed by atoms with Crippen molar-refractivity contribution in [3.8, 4) is 0 Å². The lowest BCUT2D eigenvalue weighted by Gasteiger charge is -2.44. The molecule has 0 saturated carbocycles. The van der Waals surface area contributed by atoms with Crippen LogP contribution in [0.25, 0.3) is 0 Å². The lowest BCUT2D eigenvalue weighted by atomic mass is 10.1. The molecule has 2 aromatic rings. The Hall–Kier alpha value is -1.95. The molecule has 3 heterocycles. The number of nitrogens with zero attached hydrogens (tertiary/aromatic N) is 6. The molecule has 6 nitrogen and oxygen atoms in total. The molecule has 2 aromatic heterocycles. The molecule has 0 radical (unpaired) electrons. The summed E-state index contributed by atoms with van der Waals surface area (Å²) in [5.74, 6) is 1.05. The minimum absolute atomic E-state index is 0.602. The number of fused-ring (bicyclic) bond motifs is 1. The zero-order valence-corrected chi connectivity index (χ0v) is 13.0. The van der Waals surface area contributed by atoms with E-state index in [0.29, 0.717) is 6.04 Å². The van der Waals surface area contributed by atoms with Crippen LogP contribution in [0.4, 0.5) is 5.82 Å². The second-order valence-corrected chi connectivity index (χ2v) is 6.34. The standard InChI is InChI=1S/C16H22N6/c1-20(8-9-22-7-3-6-17-22)14-11-21(12-14)16-10-13-4-2-5-15(13)18-19-16/h3,6-7,10,14H,2,4-5,8-9,11-12H2,1H3. The Bertz CT molecular complexity index is 632. The number of aryl methyl sites for hydroxylation is 2. The Balaban J connectivity index is 1.30. The van der Waals surface area contributed by atoms with E-state index in [4.69, 9.17) is 0 Å². The summed E-state index contributed by atoms with van der Waals surface area (Å²) in [6.07, 6.45) is 7.34. The van der Waals surface area contributed by atoms with E-state index in [1.165, 1.54) is 24.1 Å². The van der Waals surface area contributed by atoms with Gasteiger partial charge in [-0.3, -0.25) is 9.58 Å². The highest BCUT2D eigenvalue weighted by Crippen LogP contribution is 2.26. The summed E-state index contributed by atoms with van der Waals surface area (Å²) >= 11 is 0. The van der Waals surface area contributed by atoms with Gasteiger partial charge in [0, 0.05) is 38.1 Å². The smallest absolute Gasteiger partial charge is 0.151 e. The van der Waals surface area contributed by atoms with Crippen molar-refractivity contribution in [1.82, 2.24) is 24.9 Å². The number of rotatable bonds is 5. The number of anilines is 1. The Labute approximate surface area is 130 Å². The summed E-state index contributed by atoms with van der Waals surface area (Å²) in [6, 6.07) is 4.82. The second kappa shape index (κ2) is 5.68. The lowest BCUT2D eigenvalue weighted by Crippen LogP contribution is -2.59. The third-order valence-electron chi connectivity index (χ3n) is 4.86. The fraction of sp³-hybridized carbons (Fsp3) is 0.562. The van der Waals surface area contributed by atoms with Crippen LogP contribution in [0.2, 0.25) is 0 Å². The SMILES string of the molecule is CN(CCn1cccn1)C1CN(c2cc3c(nn2)CCC3)C1. The van der Waals surface area contributed by atoms with Gasteiger partial charge in [0.05, 0.1) is 12.2 Å². The summed E-state index contributed by atoms with van der Waals surface area (Å²) in [5.41, 5.74) is 2.61. The molecule has 0 bridgehead atoms. The predicted octanol–water partition coefficient (Wildman–Crippen LogP) is 0.982. The van der Waals surface area contributed by atoms with Crippen molar-refractivity contribution >= 4 is 5.82 Å². The van der Waals surface area contributed by atoms with Crippen LogP contribution in [-0.4, -0.2) is 57.6 Å². The molecule has 2 aliphatic rings. The molecule has 0 spiro atoms. The number of hydrogen-bond acceptors (Lipinski definition) is 5. The quantitative estimate of drug-likeness (QED) is 0.824. The summed E-state index contributed by atoms with van der Waals surface area (Å²) in [7, 11) is 2.19. The fourth-order valence-electron chi connectivity index (χ4n) is 3.27. The Morgan fingerprint density at radius 1 is 1.27 bits per heavy atom. The summed E-state index contributed by atoms with van der Waals surface area (Å²) in [4.78, 5) is 4.75. The molecular weight excluding hydrogens is 276 g/mol. The molecule has 0 aromatic carbocycles.